The third kappa shape index (κ3) is 4.34. The predicted molar refractivity (Wildman–Crippen MR) is 93.2 cm³/mol. The van der Waals surface area contributed by atoms with Crippen LogP contribution in [0.3, 0.4) is 0 Å². The number of nitrogens with one attached hydrogen (secondary N) is 1. The Kier molecular flexibility index (Phi) is 5.49. The molecule has 1 aliphatic rings. The molecular weight excluding hydrogens is 404 g/mol. The summed E-state index contributed by atoms with van der Waals surface area (Å²) >= 11 is 1.50. The molecule has 1 aromatic heterocycles. The van der Waals surface area contributed by atoms with Crippen molar-refractivity contribution < 1.29 is 31.1 Å². The molecule has 0 bridgehead atoms. The molecule has 1 aliphatic carbocycles. The number of halogens is 6. The van der Waals surface area contributed by atoms with Crippen LogP contribution in [-0.4, -0.2) is 12.5 Å². The number of hydrogen-bond acceptors (Lipinski definition) is 2. The van der Waals surface area contributed by atoms with Crippen LogP contribution in [0.4, 0.5) is 26.3 Å². The van der Waals surface area contributed by atoms with E-state index in [1.807, 2.05) is 16.8 Å². The molecule has 0 atom stereocenters. The largest absolute Gasteiger partial charge is 0.416 e. The second kappa shape index (κ2) is 7.42. The smallest absolute Gasteiger partial charge is 0.351 e. The molecule has 1 amide bonds. The molecule has 2 aromatic rings. The summed E-state index contributed by atoms with van der Waals surface area (Å²) < 4.78 is 77.9. The first-order chi connectivity index (χ1) is 13.0. The summed E-state index contributed by atoms with van der Waals surface area (Å²) in [7, 11) is 0. The van der Waals surface area contributed by atoms with Gasteiger partial charge in [0, 0.05) is 17.5 Å². The summed E-state index contributed by atoms with van der Waals surface area (Å²) in [5, 5.41) is 6.42. The number of rotatable bonds is 4. The highest BCUT2D eigenvalue weighted by molar-refractivity contribution is 7.08. The molecule has 3 rings (SSSR count). The second-order valence-corrected chi connectivity index (χ2v) is 7.76. The van der Waals surface area contributed by atoms with Gasteiger partial charge in [-0.1, -0.05) is 12.8 Å². The average Bonchev–Trinajstić information content (AvgIpc) is 3.30. The molecule has 1 saturated carbocycles. The summed E-state index contributed by atoms with van der Waals surface area (Å²) in [6, 6.07) is 2.86. The van der Waals surface area contributed by atoms with E-state index in [1.165, 1.54) is 11.3 Å². The Morgan fingerprint density at radius 3 is 2.04 bits per heavy atom. The van der Waals surface area contributed by atoms with Crippen molar-refractivity contribution in [3.8, 4) is 0 Å². The van der Waals surface area contributed by atoms with Gasteiger partial charge in [-0.2, -0.15) is 37.7 Å². The lowest BCUT2D eigenvalue weighted by molar-refractivity contribution is -0.143. The van der Waals surface area contributed by atoms with E-state index in [4.69, 9.17) is 0 Å². The fourth-order valence-electron chi connectivity index (χ4n) is 3.62. The maximum atomic E-state index is 13.0. The molecule has 0 radical (unpaired) electrons. The van der Waals surface area contributed by atoms with Crippen LogP contribution in [0.1, 0.15) is 52.7 Å². The molecule has 1 fully saturated rings. The molecule has 1 heterocycles. The first-order valence-electron chi connectivity index (χ1n) is 8.62. The maximum absolute atomic E-state index is 13.0. The highest BCUT2D eigenvalue weighted by atomic mass is 32.1. The van der Waals surface area contributed by atoms with E-state index >= 15 is 0 Å². The Hall–Kier alpha value is -2.03. The molecule has 152 valence electrons. The quantitative estimate of drug-likeness (QED) is 0.601. The van der Waals surface area contributed by atoms with Gasteiger partial charge in [0.2, 0.25) is 0 Å². The van der Waals surface area contributed by atoms with Gasteiger partial charge in [0.05, 0.1) is 11.1 Å². The minimum atomic E-state index is -4.99. The Morgan fingerprint density at radius 2 is 1.57 bits per heavy atom. The summed E-state index contributed by atoms with van der Waals surface area (Å²) in [5.74, 6) is -0.946. The van der Waals surface area contributed by atoms with E-state index in [2.05, 4.69) is 5.32 Å². The fourth-order valence-corrected chi connectivity index (χ4v) is 4.40. The molecule has 2 nitrogen and oxygen atoms in total. The molecular formula is C19H17F6NOS. The van der Waals surface area contributed by atoms with E-state index in [-0.39, 0.29) is 18.0 Å². The van der Waals surface area contributed by atoms with Crippen molar-refractivity contribution in [3.63, 3.8) is 0 Å². The van der Waals surface area contributed by atoms with Crippen LogP contribution in [0, 0.1) is 0 Å². The number of benzene rings is 1. The Morgan fingerprint density at radius 1 is 1.00 bits per heavy atom. The van der Waals surface area contributed by atoms with Crippen LogP contribution in [0.2, 0.25) is 0 Å². The van der Waals surface area contributed by atoms with Crippen molar-refractivity contribution in [2.75, 3.05) is 6.54 Å². The summed E-state index contributed by atoms with van der Waals surface area (Å²) in [4.78, 5) is 12.4. The minimum Gasteiger partial charge on any atom is -0.351 e. The van der Waals surface area contributed by atoms with Gasteiger partial charge < -0.3 is 5.32 Å². The standard InChI is InChI=1S/C19H17F6NOS/c20-18(21,22)14-7-12(8-15(9-14)19(23,24)25)16(27)26-11-17(4-1-2-5-17)13-3-6-28-10-13/h3,6-10H,1-2,4-5,11H2,(H,26,27). The van der Waals surface area contributed by atoms with Crippen molar-refractivity contribution in [2.24, 2.45) is 0 Å². The van der Waals surface area contributed by atoms with Gasteiger partial charge in [-0.05, 0) is 53.4 Å². The van der Waals surface area contributed by atoms with Gasteiger partial charge in [0.15, 0.2) is 0 Å². The lowest BCUT2D eigenvalue weighted by Gasteiger charge is -2.29. The Bertz CT molecular complexity index is 803. The van der Waals surface area contributed by atoms with E-state index in [0.29, 0.717) is 12.1 Å². The van der Waals surface area contributed by atoms with Crippen LogP contribution in [0.15, 0.2) is 35.0 Å². The van der Waals surface area contributed by atoms with Gasteiger partial charge >= 0.3 is 12.4 Å². The summed E-state index contributed by atoms with van der Waals surface area (Å²) in [6.45, 7) is 0.167. The van der Waals surface area contributed by atoms with Crippen LogP contribution in [-0.2, 0) is 17.8 Å². The fraction of sp³-hybridized carbons (Fsp3) is 0.421. The number of carbonyl (C=O) groups is 1. The van der Waals surface area contributed by atoms with E-state index < -0.39 is 35.0 Å². The lowest BCUT2D eigenvalue weighted by atomic mass is 9.80. The van der Waals surface area contributed by atoms with Gasteiger partial charge in [0.1, 0.15) is 0 Å². The molecule has 0 saturated heterocycles. The highest BCUT2D eigenvalue weighted by Crippen LogP contribution is 2.41. The van der Waals surface area contributed by atoms with Gasteiger partial charge in [-0.3, -0.25) is 4.79 Å². The molecule has 0 aliphatic heterocycles. The molecule has 0 spiro atoms. The third-order valence-corrected chi connectivity index (χ3v) is 5.81. The predicted octanol–water partition coefficient (Wildman–Crippen LogP) is 6.03. The number of carbonyl (C=O) groups excluding carboxylic acids is 1. The zero-order valence-corrected chi connectivity index (χ0v) is 15.4. The molecule has 1 N–H and O–H groups in total. The first-order valence-corrected chi connectivity index (χ1v) is 9.56. The average molecular weight is 421 g/mol. The zero-order valence-electron chi connectivity index (χ0n) is 14.6. The second-order valence-electron chi connectivity index (χ2n) is 6.98. The van der Waals surface area contributed by atoms with Crippen molar-refractivity contribution in [1.82, 2.24) is 5.32 Å². The van der Waals surface area contributed by atoms with Gasteiger partial charge in [-0.25, -0.2) is 0 Å². The van der Waals surface area contributed by atoms with Crippen molar-refractivity contribution >= 4 is 17.2 Å². The van der Waals surface area contributed by atoms with Crippen LogP contribution in [0.25, 0.3) is 0 Å². The van der Waals surface area contributed by atoms with Gasteiger partial charge in [-0.15, -0.1) is 0 Å². The molecule has 28 heavy (non-hydrogen) atoms. The SMILES string of the molecule is O=C(NCC1(c2ccsc2)CCCC1)c1cc(C(F)(F)F)cc(C(F)(F)F)c1. The highest BCUT2D eigenvalue weighted by Gasteiger charge is 2.39. The number of thiophene rings is 1. The minimum absolute atomic E-state index is 0.0145. The Balaban J connectivity index is 1.86. The van der Waals surface area contributed by atoms with Crippen molar-refractivity contribution in [3.05, 3.63) is 57.3 Å². The topological polar surface area (TPSA) is 29.1 Å². The van der Waals surface area contributed by atoms with Crippen LogP contribution >= 0.6 is 11.3 Å². The third-order valence-electron chi connectivity index (χ3n) is 5.13. The summed E-state index contributed by atoms with van der Waals surface area (Å²) in [5.41, 5.74) is -2.94. The maximum Gasteiger partial charge on any atom is 0.416 e. The van der Waals surface area contributed by atoms with Crippen molar-refractivity contribution in [1.29, 1.82) is 0 Å². The molecule has 9 heteroatoms. The zero-order chi connectivity index (χ0) is 20.6. The molecule has 0 unspecified atom stereocenters. The number of amides is 1. The number of alkyl halides is 6. The first kappa shape index (κ1) is 20.7. The van der Waals surface area contributed by atoms with Crippen LogP contribution < -0.4 is 5.32 Å². The number of hydrogen-bond donors (Lipinski definition) is 1. The Labute approximate surface area is 161 Å². The van der Waals surface area contributed by atoms with Gasteiger partial charge in [0.25, 0.3) is 5.91 Å². The lowest BCUT2D eigenvalue weighted by Crippen LogP contribution is -2.39. The summed E-state index contributed by atoms with van der Waals surface area (Å²) in [6.07, 6.45) is -6.46. The monoisotopic (exact) mass is 421 g/mol. The normalized spacial score (nSPS) is 16.9. The van der Waals surface area contributed by atoms with E-state index in [0.717, 1.165) is 31.2 Å². The van der Waals surface area contributed by atoms with Crippen LogP contribution in [0.5, 0.6) is 0 Å². The molecule has 1 aromatic carbocycles. The van der Waals surface area contributed by atoms with E-state index in [9.17, 15) is 31.1 Å². The van der Waals surface area contributed by atoms with E-state index in [1.54, 1.807) is 0 Å². The van der Waals surface area contributed by atoms with Crippen molar-refractivity contribution in [2.45, 2.75) is 43.5 Å².